The molecule has 0 aromatic heterocycles. The lowest BCUT2D eigenvalue weighted by molar-refractivity contribution is -0.167. The van der Waals surface area contributed by atoms with Crippen LogP contribution >= 0.6 is 0 Å². The molecule has 1 fully saturated rings. The van der Waals surface area contributed by atoms with Gasteiger partial charge in [-0.25, -0.2) is 0 Å². The first-order valence-corrected chi connectivity index (χ1v) is 4.37. The number of hydrogen-bond acceptors (Lipinski definition) is 4. The molecule has 0 aromatic carbocycles. The Bertz CT molecular complexity index is 214. The van der Waals surface area contributed by atoms with E-state index in [2.05, 4.69) is 4.74 Å². The van der Waals surface area contributed by atoms with E-state index in [-0.39, 0.29) is 12.4 Å². The zero-order valence-electron chi connectivity index (χ0n) is 7.96. The summed E-state index contributed by atoms with van der Waals surface area (Å²) in [4.78, 5) is 23.0. The molecule has 1 atom stereocenters. The van der Waals surface area contributed by atoms with E-state index in [1.165, 1.54) is 7.11 Å². The van der Waals surface area contributed by atoms with E-state index in [9.17, 15) is 9.59 Å². The van der Waals surface area contributed by atoms with Gasteiger partial charge >= 0.3 is 5.97 Å². The second-order valence-corrected chi connectivity index (χ2v) is 3.15. The highest BCUT2D eigenvalue weighted by molar-refractivity contribution is 6.04. The summed E-state index contributed by atoms with van der Waals surface area (Å²) in [6, 6.07) is 0. The van der Waals surface area contributed by atoms with Crippen LogP contribution in [-0.4, -0.2) is 32.1 Å². The fourth-order valence-electron chi connectivity index (χ4n) is 1.54. The minimum Gasteiger partial charge on any atom is -0.468 e. The SMILES string of the molecule is CCC1(C(=O)OC)COCCC1=O. The number of carbonyl (C=O) groups excluding carboxylic acids is 2. The van der Waals surface area contributed by atoms with Crippen molar-refractivity contribution in [3.8, 4) is 0 Å². The number of rotatable bonds is 2. The topological polar surface area (TPSA) is 52.6 Å². The fraction of sp³-hybridized carbons (Fsp3) is 0.778. The van der Waals surface area contributed by atoms with Gasteiger partial charge in [-0.15, -0.1) is 0 Å². The number of ether oxygens (including phenoxy) is 2. The van der Waals surface area contributed by atoms with Crippen LogP contribution in [-0.2, 0) is 19.1 Å². The molecule has 0 aromatic rings. The Hall–Kier alpha value is -0.900. The van der Waals surface area contributed by atoms with Crippen LogP contribution in [0.1, 0.15) is 19.8 Å². The van der Waals surface area contributed by atoms with E-state index in [4.69, 9.17) is 4.74 Å². The van der Waals surface area contributed by atoms with Gasteiger partial charge in [0.15, 0.2) is 5.78 Å². The maximum Gasteiger partial charge on any atom is 0.321 e. The van der Waals surface area contributed by atoms with Gasteiger partial charge < -0.3 is 9.47 Å². The molecule has 0 N–H and O–H groups in total. The highest BCUT2D eigenvalue weighted by atomic mass is 16.5. The third-order valence-electron chi connectivity index (χ3n) is 2.54. The molecule has 0 saturated carbocycles. The Balaban J connectivity index is 2.88. The molecule has 13 heavy (non-hydrogen) atoms. The van der Waals surface area contributed by atoms with E-state index < -0.39 is 11.4 Å². The Morgan fingerprint density at radius 3 is 2.85 bits per heavy atom. The standard InChI is InChI=1S/C9H14O4/c1-3-9(8(11)12-2)6-13-5-4-7(9)10/h3-6H2,1-2H3. The van der Waals surface area contributed by atoms with Crippen molar-refractivity contribution in [1.29, 1.82) is 0 Å². The number of hydrogen-bond donors (Lipinski definition) is 0. The van der Waals surface area contributed by atoms with Crippen LogP contribution in [0, 0.1) is 5.41 Å². The van der Waals surface area contributed by atoms with Crippen molar-refractivity contribution in [2.45, 2.75) is 19.8 Å². The van der Waals surface area contributed by atoms with Crippen LogP contribution in [0.15, 0.2) is 0 Å². The van der Waals surface area contributed by atoms with Crippen LogP contribution in [0.2, 0.25) is 0 Å². The fourth-order valence-corrected chi connectivity index (χ4v) is 1.54. The van der Waals surface area contributed by atoms with Gasteiger partial charge in [0.25, 0.3) is 0 Å². The number of Topliss-reactive ketones (excluding diaryl/α,β-unsaturated/α-hetero) is 1. The number of methoxy groups -OCH3 is 1. The molecule has 0 spiro atoms. The van der Waals surface area contributed by atoms with Crippen LogP contribution < -0.4 is 0 Å². The molecule has 4 nitrogen and oxygen atoms in total. The molecule has 0 bridgehead atoms. The highest BCUT2D eigenvalue weighted by Crippen LogP contribution is 2.30. The molecule has 74 valence electrons. The van der Waals surface area contributed by atoms with E-state index in [0.717, 1.165) is 0 Å². The van der Waals surface area contributed by atoms with Gasteiger partial charge in [-0.3, -0.25) is 9.59 Å². The first-order valence-electron chi connectivity index (χ1n) is 4.37. The maximum atomic E-state index is 11.6. The van der Waals surface area contributed by atoms with Crippen LogP contribution in [0.4, 0.5) is 0 Å². The summed E-state index contributed by atoms with van der Waals surface area (Å²) < 4.78 is 9.76. The lowest BCUT2D eigenvalue weighted by Crippen LogP contribution is -2.47. The van der Waals surface area contributed by atoms with Crippen molar-refractivity contribution < 1.29 is 19.1 Å². The average Bonchev–Trinajstić information content (AvgIpc) is 2.18. The molecule has 0 radical (unpaired) electrons. The molecule has 1 heterocycles. The zero-order valence-corrected chi connectivity index (χ0v) is 7.96. The van der Waals surface area contributed by atoms with Gasteiger partial charge in [-0.05, 0) is 6.42 Å². The van der Waals surface area contributed by atoms with Gasteiger partial charge in [0.2, 0.25) is 0 Å². The molecular formula is C9H14O4. The molecule has 1 aliphatic rings. The van der Waals surface area contributed by atoms with E-state index in [1.807, 2.05) is 0 Å². The minimum atomic E-state index is -1.03. The normalized spacial score (nSPS) is 28.6. The maximum absolute atomic E-state index is 11.6. The van der Waals surface area contributed by atoms with Crippen LogP contribution in [0.5, 0.6) is 0 Å². The second kappa shape index (κ2) is 3.87. The van der Waals surface area contributed by atoms with Crippen molar-refractivity contribution in [2.24, 2.45) is 5.41 Å². The van der Waals surface area contributed by atoms with E-state index in [1.54, 1.807) is 6.92 Å². The van der Waals surface area contributed by atoms with Crippen LogP contribution in [0.25, 0.3) is 0 Å². The first-order chi connectivity index (χ1) is 6.17. The predicted octanol–water partition coefficient (Wildman–Crippen LogP) is 0.545. The molecule has 1 rings (SSSR count). The minimum absolute atomic E-state index is 0.0619. The summed E-state index contributed by atoms with van der Waals surface area (Å²) in [6.45, 7) is 2.37. The predicted molar refractivity (Wildman–Crippen MR) is 45.2 cm³/mol. The lowest BCUT2D eigenvalue weighted by Gasteiger charge is -2.31. The van der Waals surface area contributed by atoms with Gasteiger partial charge in [0.05, 0.1) is 20.3 Å². The van der Waals surface area contributed by atoms with Gasteiger partial charge in [-0.2, -0.15) is 0 Å². The Labute approximate surface area is 77.2 Å². The lowest BCUT2D eigenvalue weighted by atomic mass is 9.79. The van der Waals surface area contributed by atoms with Crippen molar-refractivity contribution >= 4 is 11.8 Å². The number of esters is 1. The van der Waals surface area contributed by atoms with Crippen molar-refractivity contribution in [2.75, 3.05) is 20.3 Å². The molecule has 1 aliphatic heterocycles. The Morgan fingerprint density at radius 1 is 1.69 bits per heavy atom. The van der Waals surface area contributed by atoms with E-state index >= 15 is 0 Å². The summed E-state index contributed by atoms with van der Waals surface area (Å²) in [7, 11) is 1.29. The highest BCUT2D eigenvalue weighted by Gasteiger charge is 2.47. The smallest absolute Gasteiger partial charge is 0.321 e. The molecule has 1 saturated heterocycles. The second-order valence-electron chi connectivity index (χ2n) is 3.15. The average molecular weight is 186 g/mol. The van der Waals surface area contributed by atoms with Gasteiger partial charge in [-0.1, -0.05) is 6.92 Å². The van der Waals surface area contributed by atoms with Crippen LogP contribution in [0.3, 0.4) is 0 Å². The van der Waals surface area contributed by atoms with E-state index in [0.29, 0.717) is 19.4 Å². The monoisotopic (exact) mass is 186 g/mol. The molecule has 4 heteroatoms. The Morgan fingerprint density at radius 2 is 2.38 bits per heavy atom. The Kier molecular flexibility index (Phi) is 3.03. The molecule has 1 unspecified atom stereocenters. The summed E-state index contributed by atoms with van der Waals surface area (Å²) in [6.07, 6.45) is 0.751. The third kappa shape index (κ3) is 1.58. The quantitative estimate of drug-likeness (QED) is 0.466. The van der Waals surface area contributed by atoms with Gasteiger partial charge in [0.1, 0.15) is 5.41 Å². The molecular weight excluding hydrogens is 172 g/mol. The summed E-state index contributed by atoms with van der Waals surface area (Å²) >= 11 is 0. The van der Waals surface area contributed by atoms with Crippen molar-refractivity contribution in [3.63, 3.8) is 0 Å². The molecule has 0 aliphatic carbocycles. The van der Waals surface area contributed by atoms with Gasteiger partial charge in [0, 0.05) is 6.42 Å². The largest absolute Gasteiger partial charge is 0.468 e. The number of carbonyl (C=O) groups is 2. The molecule has 0 amide bonds. The summed E-state index contributed by atoms with van der Waals surface area (Å²) in [5, 5.41) is 0. The summed E-state index contributed by atoms with van der Waals surface area (Å²) in [5.74, 6) is -0.534. The van der Waals surface area contributed by atoms with Crippen molar-refractivity contribution in [1.82, 2.24) is 0 Å². The first kappa shape index (κ1) is 10.2. The number of ketones is 1. The summed E-state index contributed by atoms with van der Waals surface area (Å²) in [5.41, 5.74) is -1.03. The van der Waals surface area contributed by atoms with Crippen molar-refractivity contribution in [3.05, 3.63) is 0 Å². The third-order valence-corrected chi connectivity index (χ3v) is 2.54. The zero-order chi connectivity index (χ0) is 9.90.